The molecule has 152 valence electrons. The molecule has 1 N–H and O–H groups in total. The van der Waals surface area contributed by atoms with E-state index in [1.54, 1.807) is 0 Å². The van der Waals surface area contributed by atoms with Gasteiger partial charge < -0.3 is 19.7 Å². The van der Waals surface area contributed by atoms with Crippen molar-refractivity contribution in [1.29, 1.82) is 0 Å². The molecule has 0 bridgehead atoms. The lowest BCUT2D eigenvalue weighted by Gasteiger charge is -2.37. The van der Waals surface area contributed by atoms with Crippen molar-refractivity contribution in [3.05, 3.63) is 29.8 Å². The number of likely N-dealkylation sites (tertiary alicyclic amines) is 1. The summed E-state index contributed by atoms with van der Waals surface area (Å²) >= 11 is 0. The molecule has 28 heavy (non-hydrogen) atoms. The first kappa shape index (κ1) is 19.4. The van der Waals surface area contributed by atoms with Gasteiger partial charge in [-0.1, -0.05) is 32.9 Å². The van der Waals surface area contributed by atoms with Crippen LogP contribution in [0.5, 0.6) is 0 Å². The Hall–Kier alpha value is -1.92. The molecule has 1 saturated carbocycles. The molecule has 1 aromatic carbocycles. The Kier molecular flexibility index (Phi) is 4.96. The number of carbonyl (C=O) groups excluding carboxylic acids is 2. The zero-order chi connectivity index (χ0) is 19.9. The maximum Gasteiger partial charge on any atom is 0.228 e. The Balaban J connectivity index is 1.28. The van der Waals surface area contributed by atoms with Crippen LogP contribution in [0, 0.1) is 11.8 Å². The van der Waals surface area contributed by atoms with Crippen LogP contribution in [0.15, 0.2) is 24.3 Å². The quantitative estimate of drug-likeness (QED) is 0.867. The van der Waals surface area contributed by atoms with Crippen LogP contribution in [0.25, 0.3) is 0 Å². The van der Waals surface area contributed by atoms with Crippen molar-refractivity contribution >= 4 is 17.5 Å². The molecular formula is C22H30N2O4. The fourth-order valence-electron chi connectivity index (χ4n) is 4.13. The fraction of sp³-hybridized carbons (Fsp3) is 0.636. The molecule has 2 saturated heterocycles. The maximum atomic E-state index is 12.8. The summed E-state index contributed by atoms with van der Waals surface area (Å²) in [6, 6.07) is 7.95. The lowest BCUT2D eigenvalue weighted by atomic mass is 9.87. The summed E-state index contributed by atoms with van der Waals surface area (Å²) in [5, 5.41) is 2.96. The van der Waals surface area contributed by atoms with Crippen LogP contribution < -0.4 is 5.32 Å². The van der Waals surface area contributed by atoms with Crippen molar-refractivity contribution in [3.8, 4) is 0 Å². The number of benzene rings is 1. The predicted molar refractivity (Wildman–Crippen MR) is 106 cm³/mol. The molecular weight excluding hydrogens is 356 g/mol. The standard InChI is InChI=1S/C22H30N2O4/c1-21(2,3)15-4-6-16(7-5-15)23-19(25)17-14-18(17)20(26)24-10-8-22(9-11-24)27-12-13-28-22/h4-7,17-18H,8-14H2,1-3H3,(H,23,25). The van der Waals surface area contributed by atoms with E-state index >= 15 is 0 Å². The zero-order valence-corrected chi connectivity index (χ0v) is 17.0. The maximum absolute atomic E-state index is 12.8. The molecule has 1 aliphatic carbocycles. The number of anilines is 1. The molecule has 0 radical (unpaired) electrons. The van der Waals surface area contributed by atoms with Crippen LogP contribution in [0.4, 0.5) is 5.69 Å². The molecule has 6 nitrogen and oxygen atoms in total. The van der Waals surface area contributed by atoms with Crippen molar-refractivity contribution in [3.63, 3.8) is 0 Å². The number of carbonyl (C=O) groups is 2. The number of nitrogens with one attached hydrogen (secondary N) is 1. The van der Waals surface area contributed by atoms with Gasteiger partial charge in [-0.25, -0.2) is 0 Å². The molecule has 2 unspecified atom stereocenters. The second-order valence-electron chi connectivity index (χ2n) is 9.20. The molecule has 2 aliphatic heterocycles. The van der Waals surface area contributed by atoms with Crippen LogP contribution in [-0.2, 0) is 24.5 Å². The molecule has 1 spiro atoms. The fourth-order valence-corrected chi connectivity index (χ4v) is 4.13. The van der Waals surface area contributed by atoms with Gasteiger partial charge in [-0.2, -0.15) is 0 Å². The van der Waals surface area contributed by atoms with Gasteiger partial charge in [0.1, 0.15) is 0 Å². The van der Waals surface area contributed by atoms with E-state index in [0.717, 1.165) is 5.69 Å². The van der Waals surface area contributed by atoms with Gasteiger partial charge in [0, 0.05) is 31.6 Å². The number of nitrogens with zero attached hydrogens (tertiary/aromatic N) is 1. The van der Waals surface area contributed by atoms with Gasteiger partial charge in [0.15, 0.2) is 5.79 Å². The van der Waals surface area contributed by atoms with E-state index in [1.807, 2.05) is 29.2 Å². The molecule has 2 amide bonds. The molecule has 1 aromatic rings. The van der Waals surface area contributed by atoms with Crippen LogP contribution in [0.1, 0.15) is 45.6 Å². The Labute approximate surface area is 166 Å². The highest BCUT2D eigenvalue weighted by Crippen LogP contribution is 2.42. The van der Waals surface area contributed by atoms with E-state index in [2.05, 4.69) is 26.1 Å². The van der Waals surface area contributed by atoms with E-state index in [9.17, 15) is 9.59 Å². The third-order valence-electron chi connectivity index (χ3n) is 6.11. The summed E-state index contributed by atoms with van der Waals surface area (Å²) in [5.41, 5.74) is 2.09. The Morgan fingerprint density at radius 3 is 2.21 bits per heavy atom. The molecule has 2 atom stereocenters. The summed E-state index contributed by atoms with van der Waals surface area (Å²) in [6.45, 7) is 9.03. The van der Waals surface area contributed by atoms with E-state index in [-0.39, 0.29) is 29.1 Å². The normalized spacial score (nSPS) is 26.3. The lowest BCUT2D eigenvalue weighted by Crippen LogP contribution is -2.48. The van der Waals surface area contributed by atoms with Crippen molar-refractivity contribution < 1.29 is 19.1 Å². The largest absolute Gasteiger partial charge is 0.347 e. The van der Waals surface area contributed by atoms with Gasteiger partial charge in [-0.05, 0) is 29.5 Å². The number of piperidine rings is 1. The summed E-state index contributed by atoms with van der Waals surface area (Å²) in [5.74, 6) is -0.845. The van der Waals surface area contributed by atoms with Crippen molar-refractivity contribution in [2.75, 3.05) is 31.6 Å². The number of ether oxygens (including phenoxy) is 2. The molecule has 6 heteroatoms. The minimum Gasteiger partial charge on any atom is -0.347 e. The summed E-state index contributed by atoms with van der Waals surface area (Å²) in [6.07, 6.45) is 2.06. The smallest absolute Gasteiger partial charge is 0.228 e. The first-order valence-corrected chi connectivity index (χ1v) is 10.3. The Morgan fingerprint density at radius 1 is 1.04 bits per heavy atom. The number of rotatable bonds is 3. The number of hydrogen-bond donors (Lipinski definition) is 1. The third kappa shape index (κ3) is 3.94. The highest BCUT2D eigenvalue weighted by molar-refractivity contribution is 5.99. The van der Waals surface area contributed by atoms with Gasteiger partial charge in [0.25, 0.3) is 0 Å². The highest BCUT2D eigenvalue weighted by Gasteiger charge is 2.51. The topological polar surface area (TPSA) is 67.9 Å². The number of amides is 2. The van der Waals surface area contributed by atoms with E-state index in [0.29, 0.717) is 45.6 Å². The lowest BCUT2D eigenvalue weighted by molar-refractivity contribution is -0.187. The zero-order valence-electron chi connectivity index (χ0n) is 17.0. The number of hydrogen-bond acceptors (Lipinski definition) is 4. The van der Waals surface area contributed by atoms with Crippen LogP contribution >= 0.6 is 0 Å². The molecule has 0 aromatic heterocycles. The average Bonchev–Trinajstić information content (AvgIpc) is 3.35. The minimum atomic E-state index is -0.476. The van der Waals surface area contributed by atoms with Gasteiger partial charge in [0.2, 0.25) is 11.8 Å². The molecule has 2 heterocycles. The highest BCUT2D eigenvalue weighted by atomic mass is 16.7. The summed E-state index contributed by atoms with van der Waals surface area (Å²) in [7, 11) is 0. The summed E-state index contributed by atoms with van der Waals surface area (Å²) < 4.78 is 11.4. The first-order chi connectivity index (χ1) is 13.3. The monoisotopic (exact) mass is 386 g/mol. The van der Waals surface area contributed by atoms with Gasteiger partial charge >= 0.3 is 0 Å². The first-order valence-electron chi connectivity index (χ1n) is 10.3. The van der Waals surface area contributed by atoms with Crippen LogP contribution in [-0.4, -0.2) is 48.8 Å². The minimum absolute atomic E-state index is 0.0576. The van der Waals surface area contributed by atoms with Gasteiger partial charge in [-0.15, -0.1) is 0 Å². The van der Waals surface area contributed by atoms with Crippen molar-refractivity contribution in [1.82, 2.24) is 4.90 Å². The SMILES string of the molecule is CC(C)(C)c1ccc(NC(=O)C2CC2C(=O)N2CCC3(CC2)OCCO3)cc1. The van der Waals surface area contributed by atoms with Gasteiger partial charge in [-0.3, -0.25) is 9.59 Å². The molecule has 4 rings (SSSR count). The second-order valence-corrected chi connectivity index (χ2v) is 9.20. The predicted octanol–water partition coefficient (Wildman–Crippen LogP) is 2.92. The molecule has 3 aliphatic rings. The molecule has 3 fully saturated rings. The van der Waals surface area contributed by atoms with E-state index in [4.69, 9.17) is 9.47 Å². The Bertz CT molecular complexity index is 737. The summed E-state index contributed by atoms with van der Waals surface area (Å²) in [4.78, 5) is 27.2. The second kappa shape index (κ2) is 7.16. The van der Waals surface area contributed by atoms with Gasteiger partial charge in [0.05, 0.1) is 25.0 Å². The van der Waals surface area contributed by atoms with E-state index < -0.39 is 5.79 Å². The van der Waals surface area contributed by atoms with Crippen LogP contribution in [0.2, 0.25) is 0 Å². The third-order valence-corrected chi connectivity index (χ3v) is 6.11. The van der Waals surface area contributed by atoms with Crippen molar-refractivity contribution in [2.45, 2.75) is 51.2 Å². The van der Waals surface area contributed by atoms with Crippen molar-refractivity contribution in [2.24, 2.45) is 11.8 Å². The average molecular weight is 386 g/mol. The van der Waals surface area contributed by atoms with Crippen LogP contribution in [0.3, 0.4) is 0 Å². The Morgan fingerprint density at radius 2 is 1.64 bits per heavy atom. The van der Waals surface area contributed by atoms with E-state index in [1.165, 1.54) is 5.56 Å².